The third kappa shape index (κ3) is 4.45. The molecule has 128 valence electrons. The number of hydrogen-bond donors (Lipinski definition) is 1. The molecule has 6 nitrogen and oxygen atoms in total. The van der Waals surface area contributed by atoms with Crippen molar-refractivity contribution in [2.24, 2.45) is 0 Å². The van der Waals surface area contributed by atoms with Gasteiger partial charge in [-0.05, 0) is 55.0 Å². The first-order chi connectivity index (χ1) is 12.0. The van der Waals surface area contributed by atoms with E-state index in [1.54, 1.807) is 19.1 Å². The lowest BCUT2D eigenvalue weighted by atomic mass is 10.2. The number of anilines is 1. The van der Waals surface area contributed by atoms with E-state index >= 15 is 0 Å². The Morgan fingerprint density at radius 3 is 2.60 bits per heavy atom. The number of benzene rings is 2. The van der Waals surface area contributed by atoms with Crippen LogP contribution in [0.1, 0.15) is 11.5 Å². The summed E-state index contributed by atoms with van der Waals surface area (Å²) in [7, 11) is 0. The van der Waals surface area contributed by atoms with Crippen molar-refractivity contribution in [1.29, 1.82) is 0 Å². The molecular weight excluding hydrogens is 386 g/mol. The Balaban J connectivity index is 1.57. The maximum atomic E-state index is 12.0. The van der Waals surface area contributed by atoms with Crippen LogP contribution < -0.4 is 10.1 Å². The summed E-state index contributed by atoms with van der Waals surface area (Å²) in [6.07, 6.45) is 0. The molecule has 0 aliphatic carbocycles. The van der Waals surface area contributed by atoms with Crippen LogP contribution >= 0.6 is 15.9 Å². The van der Waals surface area contributed by atoms with Gasteiger partial charge in [-0.25, -0.2) is 0 Å². The predicted octanol–water partition coefficient (Wildman–Crippen LogP) is 4.13. The van der Waals surface area contributed by atoms with Gasteiger partial charge < -0.3 is 14.6 Å². The Morgan fingerprint density at radius 1 is 1.20 bits per heavy atom. The predicted molar refractivity (Wildman–Crippen MR) is 97.5 cm³/mol. The molecule has 7 heteroatoms. The molecule has 0 unspecified atom stereocenters. The number of nitrogens with zero attached hydrogens (tertiary/aromatic N) is 2. The zero-order valence-corrected chi connectivity index (χ0v) is 15.3. The fourth-order valence-corrected chi connectivity index (χ4v) is 2.69. The van der Waals surface area contributed by atoms with Gasteiger partial charge in [-0.2, -0.15) is 4.98 Å². The molecule has 0 saturated carbocycles. The molecule has 0 bridgehead atoms. The van der Waals surface area contributed by atoms with Crippen molar-refractivity contribution in [3.8, 4) is 17.1 Å². The number of amides is 1. The van der Waals surface area contributed by atoms with Crippen LogP contribution in [0.15, 0.2) is 51.5 Å². The molecule has 3 rings (SSSR count). The van der Waals surface area contributed by atoms with Gasteiger partial charge in [-0.3, -0.25) is 4.79 Å². The molecule has 1 heterocycles. The SMILES string of the molecule is Cc1nc(-c2ccc(OCC(=O)Nc3ccc(Br)cc3C)cc2)no1. The first kappa shape index (κ1) is 17.2. The molecular formula is C18H16BrN3O3. The van der Waals surface area contributed by atoms with Crippen molar-refractivity contribution < 1.29 is 14.1 Å². The normalized spacial score (nSPS) is 10.5. The number of carbonyl (C=O) groups excluding carboxylic acids is 1. The maximum Gasteiger partial charge on any atom is 0.262 e. The molecule has 0 radical (unpaired) electrons. The monoisotopic (exact) mass is 401 g/mol. The van der Waals surface area contributed by atoms with Gasteiger partial charge in [0.25, 0.3) is 5.91 Å². The van der Waals surface area contributed by atoms with Crippen molar-refractivity contribution in [2.75, 3.05) is 11.9 Å². The molecule has 1 amide bonds. The molecule has 0 spiro atoms. The fraction of sp³-hybridized carbons (Fsp3) is 0.167. The number of aryl methyl sites for hydroxylation is 2. The highest BCUT2D eigenvalue weighted by molar-refractivity contribution is 9.10. The number of carbonyl (C=O) groups is 1. The van der Waals surface area contributed by atoms with E-state index < -0.39 is 0 Å². The fourth-order valence-electron chi connectivity index (χ4n) is 2.22. The maximum absolute atomic E-state index is 12.0. The van der Waals surface area contributed by atoms with Crippen LogP contribution in [0.4, 0.5) is 5.69 Å². The van der Waals surface area contributed by atoms with E-state index in [0.717, 1.165) is 21.3 Å². The van der Waals surface area contributed by atoms with Crippen LogP contribution in [0.5, 0.6) is 5.75 Å². The van der Waals surface area contributed by atoms with Gasteiger partial charge in [0.1, 0.15) is 5.75 Å². The molecule has 2 aromatic carbocycles. The van der Waals surface area contributed by atoms with Crippen molar-refractivity contribution >= 4 is 27.5 Å². The molecule has 0 fully saturated rings. The van der Waals surface area contributed by atoms with Crippen molar-refractivity contribution in [2.45, 2.75) is 13.8 Å². The Bertz CT molecular complexity index is 891. The van der Waals surface area contributed by atoms with Crippen LogP contribution in [0, 0.1) is 13.8 Å². The summed E-state index contributed by atoms with van der Waals surface area (Å²) in [6.45, 7) is 3.59. The minimum atomic E-state index is -0.219. The molecule has 1 N–H and O–H groups in total. The number of hydrogen-bond acceptors (Lipinski definition) is 5. The topological polar surface area (TPSA) is 77.2 Å². The molecule has 0 aliphatic heterocycles. The van der Waals surface area contributed by atoms with E-state index in [1.165, 1.54) is 0 Å². The number of nitrogens with one attached hydrogen (secondary N) is 1. The molecule has 1 aromatic heterocycles. The second-order valence-electron chi connectivity index (χ2n) is 5.46. The van der Waals surface area contributed by atoms with Gasteiger partial charge in [-0.15, -0.1) is 0 Å². The third-order valence-electron chi connectivity index (χ3n) is 3.47. The number of halogens is 1. The highest BCUT2D eigenvalue weighted by Crippen LogP contribution is 2.21. The smallest absolute Gasteiger partial charge is 0.262 e. The van der Waals surface area contributed by atoms with Crippen molar-refractivity contribution in [3.63, 3.8) is 0 Å². The van der Waals surface area contributed by atoms with E-state index in [2.05, 4.69) is 31.4 Å². The van der Waals surface area contributed by atoms with Gasteiger partial charge >= 0.3 is 0 Å². The van der Waals surface area contributed by atoms with Crippen LogP contribution in [0.3, 0.4) is 0 Å². The molecule has 0 saturated heterocycles. The van der Waals surface area contributed by atoms with Gasteiger partial charge in [-0.1, -0.05) is 21.1 Å². The van der Waals surface area contributed by atoms with Crippen LogP contribution in [-0.2, 0) is 4.79 Å². The second-order valence-corrected chi connectivity index (χ2v) is 6.37. The van der Waals surface area contributed by atoms with Gasteiger partial charge in [0.2, 0.25) is 11.7 Å². The molecule has 25 heavy (non-hydrogen) atoms. The first-order valence-corrected chi connectivity index (χ1v) is 8.40. The van der Waals surface area contributed by atoms with Crippen LogP contribution in [0.25, 0.3) is 11.4 Å². The minimum Gasteiger partial charge on any atom is -0.484 e. The van der Waals surface area contributed by atoms with E-state index in [9.17, 15) is 4.79 Å². The lowest BCUT2D eigenvalue weighted by molar-refractivity contribution is -0.118. The van der Waals surface area contributed by atoms with Gasteiger partial charge in [0, 0.05) is 22.6 Å². The Hall–Kier alpha value is -2.67. The summed E-state index contributed by atoms with van der Waals surface area (Å²) in [5.74, 6) is 1.40. The van der Waals surface area contributed by atoms with E-state index in [0.29, 0.717) is 17.5 Å². The van der Waals surface area contributed by atoms with Crippen LogP contribution in [0.2, 0.25) is 0 Å². The summed E-state index contributed by atoms with van der Waals surface area (Å²) >= 11 is 3.40. The van der Waals surface area contributed by atoms with E-state index in [-0.39, 0.29) is 12.5 Å². The standard InChI is InChI=1S/C18H16BrN3O3/c1-11-9-14(19)5-8-16(11)21-17(23)10-24-15-6-3-13(4-7-15)18-20-12(2)25-22-18/h3-9H,10H2,1-2H3,(H,21,23). The summed E-state index contributed by atoms with van der Waals surface area (Å²) in [5, 5.41) is 6.69. The average Bonchev–Trinajstić information content (AvgIpc) is 3.02. The lowest BCUT2D eigenvalue weighted by Crippen LogP contribution is -2.20. The minimum absolute atomic E-state index is 0.0732. The third-order valence-corrected chi connectivity index (χ3v) is 3.97. The zero-order chi connectivity index (χ0) is 17.8. The number of aromatic nitrogens is 2. The summed E-state index contributed by atoms with van der Waals surface area (Å²) in [6, 6.07) is 12.8. The number of rotatable bonds is 5. The van der Waals surface area contributed by atoms with Crippen LogP contribution in [-0.4, -0.2) is 22.7 Å². The Kier molecular flexibility index (Phi) is 5.14. The average molecular weight is 402 g/mol. The quantitative estimate of drug-likeness (QED) is 0.695. The highest BCUT2D eigenvalue weighted by atomic mass is 79.9. The Morgan fingerprint density at radius 2 is 1.96 bits per heavy atom. The van der Waals surface area contributed by atoms with Gasteiger partial charge in [0.15, 0.2) is 6.61 Å². The molecule has 0 atom stereocenters. The largest absolute Gasteiger partial charge is 0.484 e. The van der Waals surface area contributed by atoms with Crippen molar-refractivity contribution in [1.82, 2.24) is 10.1 Å². The summed E-state index contributed by atoms with van der Waals surface area (Å²) in [5.41, 5.74) is 2.56. The van der Waals surface area contributed by atoms with E-state index in [1.807, 2.05) is 37.3 Å². The zero-order valence-electron chi connectivity index (χ0n) is 13.7. The molecule has 3 aromatic rings. The van der Waals surface area contributed by atoms with Crippen molar-refractivity contribution in [3.05, 3.63) is 58.4 Å². The summed E-state index contributed by atoms with van der Waals surface area (Å²) < 4.78 is 11.4. The first-order valence-electron chi connectivity index (χ1n) is 7.61. The highest BCUT2D eigenvalue weighted by Gasteiger charge is 2.08. The van der Waals surface area contributed by atoms with Gasteiger partial charge in [0.05, 0.1) is 0 Å². The number of ether oxygens (including phenoxy) is 1. The lowest BCUT2D eigenvalue weighted by Gasteiger charge is -2.10. The Labute approximate surface area is 153 Å². The second kappa shape index (κ2) is 7.48. The summed E-state index contributed by atoms with van der Waals surface area (Å²) in [4.78, 5) is 16.2. The van der Waals surface area contributed by atoms with E-state index in [4.69, 9.17) is 9.26 Å². The molecule has 0 aliphatic rings.